The molecule has 5 nitrogen and oxygen atoms in total. The van der Waals surface area contributed by atoms with E-state index in [1.54, 1.807) is 31.2 Å². The average molecular weight is 409 g/mol. The van der Waals surface area contributed by atoms with Gasteiger partial charge in [-0.25, -0.2) is 5.43 Å². The predicted molar refractivity (Wildman–Crippen MR) is 96.1 cm³/mol. The van der Waals surface area contributed by atoms with Gasteiger partial charge in [0.25, 0.3) is 5.91 Å². The summed E-state index contributed by atoms with van der Waals surface area (Å²) >= 11 is 2.23. The first-order valence-electron chi connectivity index (χ1n) is 6.66. The fourth-order valence-electron chi connectivity index (χ4n) is 1.70. The number of anilines is 1. The Kier molecular flexibility index (Phi) is 5.76. The maximum atomic E-state index is 11.8. The van der Waals surface area contributed by atoms with Gasteiger partial charge in [0, 0.05) is 9.26 Å². The lowest BCUT2D eigenvalue weighted by atomic mass is 10.1. The van der Waals surface area contributed by atoms with E-state index in [0.29, 0.717) is 5.71 Å². The summed E-state index contributed by atoms with van der Waals surface area (Å²) in [6.45, 7) is 1.94. The number of nitrogens with one attached hydrogen (secondary N) is 2. The van der Waals surface area contributed by atoms with Crippen LogP contribution in [-0.4, -0.2) is 23.3 Å². The predicted octanol–water partition coefficient (Wildman–Crippen LogP) is 2.95. The van der Waals surface area contributed by atoms with Gasteiger partial charge in [-0.1, -0.05) is 0 Å². The van der Waals surface area contributed by atoms with E-state index in [9.17, 15) is 9.90 Å². The monoisotopic (exact) mass is 409 g/mol. The summed E-state index contributed by atoms with van der Waals surface area (Å²) in [5, 5.41) is 16.3. The summed E-state index contributed by atoms with van der Waals surface area (Å²) in [7, 11) is 0. The molecule has 1 amide bonds. The summed E-state index contributed by atoms with van der Waals surface area (Å²) in [6, 6.07) is 14.4. The fraction of sp³-hybridized carbons (Fsp3) is 0.125. The van der Waals surface area contributed by atoms with Crippen LogP contribution in [0.25, 0.3) is 0 Å². The molecular formula is C16H16IN3O2. The molecule has 114 valence electrons. The number of hydrogen-bond donors (Lipinski definition) is 3. The second-order valence-electron chi connectivity index (χ2n) is 4.64. The third-order valence-electron chi connectivity index (χ3n) is 2.93. The van der Waals surface area contributed by atoms with E-state index in [4.69, 9.17) is 0 Å². The molecule has 0 heterocycles. The fourth-order valence-corrected chi connectivity index (χ4v) is 2.06. The molecule has 0 fully saturated rings. The van der Waals surface area contributed by atoms with Crippen LogP contribution in [-0.2, 0) is 4.79 Å². The SMILES string of the molecule is CC(=NNC(=O)CNc1ccc(I)cc1)c1ccc(O)cc1. The van der Waals surface area contributed by atoms with Crippen LogP contribution in [0.2, 0.25) is 0 Å². The lowest BCUT2D eigenvalue weighted by Gasteiger charge is -2.06. The largest absolute Gasteiger partial charge is 0.508 e. The van der Waals surface area contributed by atoms with Gasteiger partial charge < -0.3 is 10.4 Å². The number of benzene rings is 2. The van der Waals surface area contributed by atoms with Crippen LogP contribution in [0.15, 0.2) is 53.6 Å². The second kappa shape index (κ2) is 7.79. The first-order valence-corrected chi connectivity index (χ1v) is 7.74. The van der Waals surface area contributed by atoms with Crippen LogP contribution in [0, 0.1) is 3.57 Å². The molecule has 0 aromatic heterocycles. The number of phenols is 1. The maximum absolute atomic E-state index is 11.8. The third kappa shape index (κ3) is 5.03. The highest BCUT2D eigenvalue weighted by atomic mass is 127. The molecule has 0 aliphatic rings. The van der Waals surface area contributed by atoms with Crippen LogP contribution >= 0.6 is 22.6 Å². The summed E-state index contributed by atoms with van der Waals surface area (Å²) in [6.07, 6.45) is 0. The van der Waals surface area contributed by atoms with E-state index in [-0.39, 0.29) is 18.2 Å². The highest BCUT2D eigenvalue weighted by Gasteiger charge is 2.02. The molecule has 0 radical (unpaired) electrons. The minimum Gasteiger partial charge on any atom is -0.508 e. The van der Waals surface area contributed by atoms with Gasteiger partial charge in [0.05, 0.1) is 12.3 Å². The second-order valence-corrected chi connectivity index (χ2v) is 5.89. The topological polar surface area (TPSA) is 73.7 Å². The quantitative estimate of drug-likeness (QED) is 0.404. The van der Waals surface area contributed by atoms with Crippen molar-refractivity contribution in [2.45, 2.75) is 6.92 Å². The van der Waals surface area contributed by atoms with Crippen molar-refractivity contribution in [3.05, 3.63) is 57.7 Å². The number of aromatic hydroxyl groups is 1. The van der Waals surface area contributed by atoms with Crippen molar-refractivity contribution in [3.63, 3.8) is 0 Å². The number of amides is 1. The molecular weight excluding hydrogens is 393 g/mol. The van der Waals surface area contributed by atoms with E-state index in [1.165, 1.54) is 0 Å². The Bertz CT molecular complexity index is 667. The van der Waals surface area contributed by atoms with E-state index in [1.807, 2.05) is 24.3 Å². The summed E-state index contributed by atoms with van der Waals surface area (Å²) in [5.74, 6) is -0.0287. The molecule has 6 heteroatoms. The number of hydrazone groups is 1. The van der Waals surface area contributed by atoms with Crippen molar-refractivity contribution in [1.29, 1.82) is 0 Å². The summed E-state index contributed by atoms with van der Waals surface area (Å²) < 4.78 is 1.14. The van der Waals surface area contributed by atoms with Crippen molar-refractivity contribution < 1.29 is 9.90 Å². The van der Waals surface area contributed by atoms with Crippen molar-refractivity contribution in [1.82, 2.24) is 5.43 Å². The van der Waals surface area contributed by atoms with Gasteiger partial charge in [-0.05, 0) is 83.6 Å². The molecule has 0 saturated carbocycles. The van der Waals surface area contributed by atoms with Gasteiger partial charge >= 0.3 is 0 Å². The van der Waals surface area contributed by atoms with Gasteiger partial charge in [-0.15, -0.1) is 0 Å². The van der Waals surface area contributed by atoms with Gasteiger partial charge in [0.2, 0.25) is 0 Å². The zero-order chi connectivity index (χ0) is 15.9. The highest BCUT2D eigenvalue weighted by Crippen LogP contribution is 2.11. The zero-order valence-electron chi connectivity index (χ0n) is 12.0. The first-order chi connectivity index (χ1) is 10.5. The molecule has 0 saturated heterocycles. The zero-order valence-corrected chi connectivity index (χ0v) is 14.2. The molecule has 0 bridgehead atoms. The number of halogens is 1. The Balaban J connectivity index is 1.85. The van der Waals surface area contributed by atoms with E-state index in [2.05, 4.69) is 38.4 Å². The van der Waals surface area contributed by atoms with E-state index < -0.39 is 0 Å². The van der Waals surface area contributed by atoms with Crippen molar-refractivity contribution in [2.75, 3.05) is 11.9 Å². The molecule has 0 spiro atoms. The highest BCUT2D eigenvalue weighted by molar-refractivity contribution is 14.1. The Morgan fingerprint density at radius 1 is 1.14 bits per heavy atom. The van der Waals surface area contributed by atoms with Crippen molar-refractivity contribution >= 4 is 39.9 Å². The van der Waals surface area contributed by atoms with E-state index in [0.717, 1.165) is 14.8 Å². The van der Waals surface area contributed by atoms with Gasteiger partial charge in [-0.2, -0.15) is 5.10 Å². The third-order valence-corrected chi connectivity index (χ3v) is 3.65. The smallest absolute Gasteiger partial charge is 0.259 e. The van der Waals surface area contributed by atoms with Gasteiger partial charge in [0.1, 0.15) is 5.75 Å². The number of nitrogens with zero attached hydrogens (tertiary/aromatic N) is 1. The first kappa shape index (κ1) is 16.3. The van der Waals surface area contributed by atoms with Gasteiger partial charge in [0.15, 0.2) is 0 Å². The number of phenolic OH excluding ortho intramolecular Hbond substituents is 1. The standard InChI is InChI=1S/C16H16IN3O2/c1-11(12-2-8-15(21)9-3-12)19-20-16(22)10-18-14-6-4-13(17)5-7-14/h2-9,18,21H,10H2,1H3,(H,20,22). The minimum absolute atomic E-state index is 0.146. The number of carbonyl (C=O) groups is 1. The summed E-state index contributed by atoms with van der Waals surface area (Å²) in [5.41, 5.74) is 4.89. The maximum Gasteiger partial charge on any atom is 0.259 e. The van der Waals surface area contributed by atoms with Crippen LogP contribution in [0.1, 0.15) is 12.5 Å². The number of hydrogen-bond acceptors (Lipinski definition) is 4. The van der Waals surface area contributed by atoms with Crippen LogP contribution in [0.5, 0.6) is 5.75 Å². The Labute approximate surface area is 142 Å². The molecule has 2 aromatic rings. The molecule has 0 aliphatic carbocycles. The minimum atomic E-state index is -0.225. The van der Waals surface area contributed by atoms with Crippen molar-refractivity contribution in [3.8, 4) is 5.75 Å². The van der Waals surface area contributed by atoms with Crippen LogP contribution in [0.4, 0.5) is 5.69 Å². The molecule has 2 aromatic carbocycles. The summed E-state index contributed by atoms with van der Waals surface area (Å²) in [4.78, 5) is 11.8. The Hall–Kier alpha value is -2.09. The Morgan fingerprint density at radius 2 is 1.77 bits per heavy atom. The normalized spacial score (nSPS) is 11.1. The average Bonchev–Trinajstić information content (AvgIpc) is 2.52. The lowest BCUT2D eigenvalue weighted by Crippen LogP contribution is -2.26. The van der Waals surface area contributed by atoms with Crippen LogP contribution in [0.3, 0.4) is 0 Å². The van der Waals surface area contributed by atoms with Crippen molar-refractivity contribution in [2.24, 2.45) is 5.10 Å². The molecule has 0 atom stereocenters. The number of rotatable bonds is 5. The molecule has 22 heavy (non-hydrogen) atoms. The lowest BCUT2D eigenvalue weighted by molar-refractivity contribution is -0.119. The van der Waals surface area contributed by atoms with Gasteiger partial charge in [-0.3, -0.25) is 4.79 Å². The molecule has 3 N–H and O–H groups in total. The molecule has 0 unspecified atom stereocenters. The molecule has 0 aliphatic heterocycles. The van der Waals surface area contributed by atoms with E-state index >= 15 is 0 Å². The van der Waals surface area contributed by atoms with Crippen LogP contribution < -0.4 is 10.7 Å². The Morgan fingerprint density at radius 3 is 2.41 bits per heavy atom. The molecule has 2 rings (SSSR count). The number of carbonyl (C=O) groups excluding carboxylic acids is 1.